The number of carbonyl (C=O) groups is 1. The van der Waals surface area contributed by atoms with Crippen LogP contribution in [0, 0.1) is 0 Å². The van der Waals surface area contributed by atoms with Gasteiger partial charge in [0.05, 0.1) is 0 Å². The molecule has 0 amide bonds. The fourth-order valence-electron chi connectivity index (χ4n) is 0. The van der Waals surface area contributed by atoms with Crippen molar-refractivity contribution in [3.05, 3.63) is 12.7 Å². The van der Waals surface area contributed by atoms with Gasteiger partial charge in [0, 0.05) is 6.08 Å². The van der Waals surface area contributed by atoms with Gasteiger partial charge in [0.2, 0.25) is 0 Å². The molecule has 0 aliphatic rings. The number of rotatable bonds is 1. The summed E-state index contributed by atoms with van der Waals surface area (Å²) in [5.41, 5.74) is 0. The van der Waals surface area contributed by atoms with Gasteiger partial charge in [0.25, 0.3) is 0 Å². The number of carboxylic acids is 1. The second-order valence-electron chi connectivity index (χ2n) is 0.542. The van der Waals surface area contributed by atoms with Crippen molar-refractivity contribution in [2.24, 2.45) is 0 Å². The van der Waals surface area contributed by atoms with Crippen molar-refractivity contribution in [1.29, 1.82) is 0 Å². The molecule has 0 unspecified atom stereocenters. The normalized spacial score (nSPS) is 4.57. The van der Waals surface area contributed by atoms with Crippen molar-refractivity contribution in [3.63, 3.8) is 0 Å². The Morgan fingerprint density at radius 1 is 1.71 bits per heavy atom. The van der Waals surface area contributed by atoms with Crippen molar-refractivity contribution in [2.45, 2.75) is 0 Å². The zero-order valence-corrected chi connectivity index (χ0v) is 8.84. The standard InChI is InChI=1S/C3H4O2.Ba.Pb.4H/c1-2-3(4)5;;;;;;/h2H,1H2,(H,4,5);;;;;;. The Balaban J connectivity index is -0.0000000800. The molecule has 0 heterocycles. The van der Waals surface area contributed by atoms with Crippen LogP contribution >= 0.6 is 0 Å². The second-order valence-corrected chi connectivity index (χ2v) is 0.542. The summed E-state index contributed by atoms with van der Waals surface area (Å²) in [6.07, 6.45) is 0.833. The van der Waals surface area contributed by atoms with Gasteiger partial charge in [-0.2, -0.15) is 0 Å². The molecule has 0 rings (SSSR count). The van der Waals surface area contributed by atoms with Crippen molar-refractivity contribution < 1.29 is 9.90 Å². The Bertz CT molecular complexity index is 64.0. The summed E-state index contributed by atoms with van der Waals surface area (Å²) in [4.78, 5) is 9.25. The molecule has 0 aromatic carbocycles. The molecule has 4 heteroatoms. The van der Waals surface area contributed by atoms with Crippen molar-refractivity contribution in [3.8, 4) is 0 Å². The van der Waals surface area contributed by atoms with Gasteiger partial charge < -0.3 is 5.11 Å². The van der Waals surface area contributed by atoms with Crippen LogP contribution in [0.5, 0.6) is 0 Å². The van der Waals surface area contributed by atoms with E-state index < -0.39 is 5.97 Å². The fraction of sp³-hybridized carbons (Fsp3) is 0. The molecule has 38 valence electrons. The van der Waals surface area contributed by atoms with Gasteiger partial charge >= 0.3 is 82.1 Å². The van der Waals surface area contributed by atoms with Crippen LogP contribution in [-0.4, -0.2) is 87.3 Å². The van der Waals surface area contributed by atoms with Crippen LogP contribution in [0.3, 0.4) is 0 Å². The molecule has 0 atom stereocenters. The van der Waals surface area contributed by atoms with Gasteiger partial charge in [0.15, 0.2) is 0 Å². The summed E-state index contributed by atoms with van der Waals surface area (Å²) in [7, 11) is 0. The summed E-state index contributed by atoms with van der Waals surface area (Å²) in [6.45, 7) is 2.96. The van der Waals surface area contributed by atoms with Crippen molar-refractivity contribution >= 4 is 82.1 Å². The van der Waals surface area contributed by atoms with Crippen LogP contribution in [0.4, 0.5) is 0 Å². The summed E-state index contributed by atoms with van der Waals surface area (Å²) in [6, 6.07) is 0. The Hall–Kier alpha value is 1.70. The molecule has 0 aromatic heterocycles. The number of carboxylic acid groups (broad SMARTS) is 1. The Morgan fingerprint density at radius 3 is 1.86 bits per heavy atom. The average molecular weight is 421 g/mol. The van der Waals surface area contributed by atoms with Gasteiger partial charge in [-0.3, -0.25) is 0 Å². The quantitative estimate of drug-likeness (QED) is 0.411. The van der Waals surface area contributed by atoms with Crippen LogP contribution in [0.1, 0.15) is 0 Å². The molecule has 2 nitrogen and oxygen atoms in total. The first-order chi connectivity index (χ1) is 2.27. The predicted molar refractivity (Wildman–Crippen MR) is 34.9 cm³/mol. The van der Waals surface area contributed by atoms with E-state index in [1.54, 1.807) is 0 Å². The first-order valence-corrected chi connectivity index (χ1v) is 1.12. The molecule has 0 saturated carbocycles. The third kappa shape index (κ3) is 18.3. The summed E-state index contributed by atoms with van der Waals surface area (Å²) in [5.74, 6) is -0.981. The Morgan fingerprint density at radius 2 is 1.86 bits per heavy atom. The molecule has 0 aliphatic heterocycles. The van der Waals surface area contributed by atoms with Gasteiger partial charge in [0.1, 0.15) is 0 Å². The molecular formula is C3H8BaO2Pb. The van der Waals surface area contributed by atoms with Gasteiger partial charge in [-0.15, -0.1) is 0 Å². The predicted octanol–water partition coefficient (Wildman–Crippen LogP) is -1.58. The number of hydrogen-bond acceptors (Lipinski definition) is 1. The van der Waals surface area contributed by atoms with E-state index in [9.17, 15) is 4.79 Å². The van der Waals surface area contributed by atoms with Crippen LogP contribution in [0.2, 0.25) is 0 Å². The molecule has 0 spiro atoms. The number of aliphatic carboxylic acids is 1. The monoisotopic (exact) mass is 422 g/mol. The minimum atomic E-state index is -0.981. The molecule has 0 saturated heterocycles. The zero-order chi connectivity index (χ0) is 4.28. The van der Waals surface area contributed by atoms with Crippen LogP contribution < -0.4 is 0 Å². The van der Waals surface area contributed by atoms with Crippen LogP contribution in [0.15, 0.2) is 12.7 Å². The van der Waals surface area contributed by atoms with Gasteiger partial charge in [-0.25, -0.2) is 4.79 Å². The van der Waals surface area contributed by atoms with Crippen LogP contribution in [-0.2, 0) is 4.79 Å². The van der Waals surface area contributed by atoms with E-state index in [2.05, 4.69) is 6.58 Å². The molecule has 0 aromatic rings. The fourth-order valence-corrected chi connectivity index (χ4v) is 0. The molecule has 2 radical (unpaired) electrons. The molecular weight excluding hydrogens is 413 g/mol. The summed E-state index contributed by atoms with van der Waals surface area (Å²) in [5, 5.41) is 7.60. The van der Waals surface area contributed by atoms with Crippen molar-refractivity contribution in [2.75, 3.05) is 0 Å². The average Bonchev–Trinajstić information content (AvgIpc) is 1.38. The topological polar surface area (TPSA) is 37.3 Å². The first-order valence-electron chi connectivity index (χ1n) is 1.12. The van der Waals surface area contributed by atoms with E-state index in [0.717, 1.165) is 6.08 Å². The molecule has 0 bridgehead atoms. The molecule has 0 fully saturated rings. The van der Waals surface area contributed by atoms with Gasteiger partial charge in [-0.05, 0) is 0 Å². The molecule has 1 N–H and O–H groups in total. The Kier molecular flexibility index (Phi) is 24.1. The van der Waals surface area contributed by atoms with E-state index in [-0.39, 0.29) is 76.2 Å². The van der Waals surface area contributed by atoms with E-state index in [1.165, 1.54) is 0 Å². The second kappa shape index (κ2) is 10.6. The Labute approximate surface area is 103 Å². The maximum absolute atomic E-state index is 9.25. The molecule has 7 heavy (non-hydrogen) atoms. The van der Waals surface area contributed by atoms with Crippen LogP contribution in [0.25, 0.3) is 0 Å². The molecule has 0 aliphatic carbocycles. The SMILES string of the molecule is C=CC(=O)O.[BaH2].[PbH2]. The zero-order valence-electron chi connectivity index (χ0n) is 3.35. The van der Waals surface area contributed by atoms with E-state index in [4.69, 9.17) is 5.11 Å². The maximum atomic E-state index is 9.25. The van der Waals surface area contributed by atoms with E-state index >= 15 is 0 Å². The minimum absolute atomic E-state index is 0. The van der Waals surface area contributed by atoms with E-state index in [0.29, 0.717) is 0 Å². The first kappa shape index (κ1) is 15.9. The summed E-state index contributed by atoms with van der Waals surface area (Å²) < 4.78 is 0. The third-order valence-corrected chi connectivity index (χ3v) is 0.175. The summed E-state index contributed by atoms with van der Waals surface area (Å²) >= 11 is 0. The number of hydrogen-bond donors (Lipinski definition) is 1. The van der Waals surface area contributed by atoms with E-state index in [1.807, 2.05) is 0 Å². The van der Waals surface area contributed by atoms with Gasteiger partial charge in [-0.1, -0.05) is 6.58 Å². The third-order valence-electron chi connectivity index (χ3n) is 0.175. The van der Waals surface area contributed by atoms with Crippen molar-refractivity contribution in [1.82, 2.24) is 0 Å².